The smallest absolute Gasteiger partial charge is 0.468 e. The van der Waals surface area contributed by atoms with Crippen LogP contribution in [0.15, 0.2) is 22.8 Å². The molecular weight excluding hydrogens is 476 g/mol. The van der Waals surface area contributed by atoms with E-state index in [1.165, 1.54) is 0 Å². The molecule has 1 heterocycles. The first-order chi connectivity index (χ1) is 12.0. The van der Waals surface area contributed by atoms with E-state index in [2.05, 4.69) is 31.9 Å². The van der Waals surface area contributed by atoms with Gasteiger partial charge in [-0.2, -0.15) is 0 Å². The van der Waals surface area contributed by atoms with Crippen LogP contribution in [0.2, 0.25) is 6.04 Å². The highest BCUT2D eigenvalue weighted by Crippen LogP contribution is 2.32. The topological polar surface area (TPSA) is 67.1 Å². The zero-order valence-corrected chi connectivity index (χ0v) is 19.0. The van der Waals surface area contributed by atoms with Crippen LogP contribution < -0.4 is 0 Å². The van der Waals surface area contributed by atoms with Gasteiger partial charge in [0.25, 0.3) is 0 Å². The number of esters is 1. The average molecular weight is 502 g/mol. The van der Waals surface area contributed by atoms with Crippen molar-refractivity contribution in [2.45, 2.75) is 42.9 Å². The zero-order valence-electron chi connectivity index (χ0n) is 14.8. The van der Waals surface area contributed by atoms with Crippen LogP contribution in [0.3, 0.4) is 0 Å². The third kappa shape index (κ3) is 7.52. The Labute approximate surface area is 167 Å². The van der Waals surface area contributed by atoms with Crippen LogP contribution in [0.25, 0.3) is 0 Å². The molecule has 2 unspecified atom stereocenters. The lowest BCUT2D eigenvalue weighted by atomic mass is 10.2. The molecule has 0 radical (unpaired) electrons. The molecule has 0 amide bonds. The Morgan fingerprint density at radius 3 is 2.24 bits per heavy atom. The minimum atomic E-state index is -2.69. The normalized spacial score (nSPS) is 14.3. The molecule has 0 aliphatic carbocycles. The van der Waals surface area contributed by atoms with Gasteiger partial charge in [0.15, 0.2) is 0 Å². The fraction of sp³-hybridized carbons (Fsp3) is 0.688. The number of alkyl halides is 2. The monoisotopic (exact) mass is 500 g/mol. The van der Waals surface area contributed by atoms with Gasteiger partial charge in [-0.25, -0.2) is 0 Å². The van der Waals surface area contributed by atoms with Crippen LogP contribution in [0.1, 0.15) is 37.8 Å². The highest BCUT2D eigenvalue weighted by Gasteiger charge is 2.39. The van der Waals surface area contributed by atoms with E-state index in [4.69, 9.17) is 22.4 Å². The Balaban J connectivity index is 2.44. The number of hydrogen-bond donors (Lipinski definition) is 0. The van der Waals surface area contributed by atoms with Crippen LogP contribution >= 0.6 is 31.9 Å². The van der Waals surface area contributed by atoms with E-state index < -0.39 is 13.6 Å². The predicted octanol–water partition coefficient (Wildman–Crippen LogP) is 4.46. The molecule has 0 aromatic carbocycles. The lowest BCUT2D eigenvalue weighted by Crippen LogP contribution is -2.46. The van der Waals surface area contributed by atoms with Crippen molar-refractivity contribution in [1.82, 2.24) is 0 Å². The van der Waals surface area contributed by atoms with Crippen molar-refractivity contribution in [3.8, 4) is 0 Å². The van der Waals surface area contributed by atoms with Gasteiger partial charge in [0.1, 0.15) is 10.6 Å². The van der Waals surface area contributed by atoms with E-state index in [9.17, 15) is 4.79 Å². The number of carbonyl (C=O) groups is 1. The zero-order chi connectivity index (χ0) is 18.7. The molecule has 144 valence electrons. The standard InChI is InChI=1S/C16H26Br2O6Si/c1-4-22-25(23-5-2,24-6-3)12-8-11-21-16(19)15(18)14(17)13-9-7-10-20-13/h7,9-10,14-15H,4-6,8,11-12H2,1-3H3. The SMILES string of the molecule is CCO[Si](CCCOC(=O)C(Br)C(Br)c1ccco1)(OCC)OCC. The van der Waals surface area contributed by atoms with E-state index in [-0.39, 0.29) is 17.4 Å². The van der Waals surface area contributed by atoms with Crippen molar-refractivity contribution in [3.63, 3.8) is 0 Å². The second kappa shape index (κ2) is 12.2. The predicted molar refractivity (Wildman–Crippen MR) is 104 cm³/mol. The summed E-state index contributed by atoms with van der Waals surface area (Å²) in [5.41, 5.74) is 0. The summed E-state index contributed by atoms with van der Waals surface area (Å²) in [5, 5.41) is 0. The van der Waals surface area contributed by atoms with Gasteiger partial charge in [-0.1, -0.05) is 31.9 Å². The van der Waals surface area contributed by atoms with Crippen molar-refractivity contribution in [3.05, 3.63) is 24.2 Å². The van der Waals surface area contributed by atoms with Crippen LogP contribution in [-0.4, -0.2) is 46.0 Å². The minimum absolute atomic E-state index is 0.279. The molecule has 0 saturated heterocycles. The van der Waals surface area contributed by atoms with Crippen LogP contribution in [0.4, 0.5) is 0 Å². The van der Waals surface area contributed by atoms with Gasteiger partial charge in [-0.05, 0) is 39.3 Å². The molecule has 25 heavy (non-hydrogen) atoms. The number of rotatable bonds is 13. The molecule has 1 aromatic heterocycles. The lowest BCUT2D eigenvalue weighted by molar-refractivity contribution is -0.142. The summed E-state index contributed by atoms with van der Waals surface area (Å²) in [6.07, 6.45) is 2.18. The summed E-state index contributed by atoms with van der Waals surface area (Å²) >= 11 is 6.79. The highest BCUT2D eigenvalue weighted by molar-refractivity contribution is 9.12. The number of furan rings is 1. The Morgan fingerprint density at radius 1 is 1.16 bits per heavy atom. The largest absolute Gasteiger partial charge is 0.501 e. The van der Waals surface area contributed by atoms with Crippen molar-refractivity contribution in [2.75, 3.05) is 26.4 Å². The van der Waals surface area contributed by atoms with Crippen LogP contribution in [0.5, 0.6) is 0 Å². The second-order valence-electron chi connectivity index (χ2n) is 5.07. The van der Waals surface area contributed by atoms with E-state index in [1.54, 1.807) is 18.4 Å². The van der Waals surface area contributed by atoms with Crippen LogP contribution in [-0.2, 0) is 22.8 Å². The van der Waals surface area contributed by atoms with Crippen LogP contribution in [0, 0.1) is 0 Å². The van der Waals surface area contributed by atoms with E-state index in [0.717, 1.165) is 0 Å². The fourth-order valence-corrected chi connectivity index (χ4v) is 5.70. The number of halogens is 2. The third-order valence-corrected chi connectivity index (χ3v) is 9.00. The second-order valence-corrected chi connectivity index (χ2v) is 9.78. The summed E-state index contributed by atoms with van der Waals surface area (Å²) in [4.78, 5) is 11.3. The summed E-state index contributed by atoms with van der Waals surface area (Å²) in [6, 6.07) is 4.18. The van der Waals surface area contributed by atoms with E-state index >= 15 is 0 Å². The maximum absolute atomic E-state index is 12.2. The summed E-state index contributed by atoms with van der Waals surface area (Å²) in [6.45, 7) is 7.62. The maximum Gasteiger partial charge on any atom is 0.501 e. The first-order valence-electron chi connectivity index (χ1n) is 8.39. The molecule has 1 rings (SSSR count). The quantitative estimate of drug-likeness (QED) is 0.172. The third-order valence-electron chi connectivity index (χ3n) is 3.26. The Hall–Kier alpha value is -0.193. The summed E-state index contributed by atoms with van der Waals surface area (Å²) in [7, 11) is -2.69. The number of hydrogen-bond acceptors (Lipinski definition) is 6. The maximum atomic E-state index is 12.2. The summed E-state index contributed by atoms with van der Waals surface area (Å²) in [5.74, 6) is 0.309. The van der Waals surface area contributed by atoms with Gasteiger partial charge in [0.2, 0.25) is 0 Å². The molecular formula is C16H26Br2O6Si. The van der Waals surface area contributed by atoms with E-state index in [1.807, 2.05) is 20.8 Å². The molecule has 0 bridgehead atoms. The Morgan fingerprint density at radius 2 is 1.76 bits per heavy atom. The lowest BCUT2D eigenvalue weighted by Gasteiger charge is -2.28. The van der Waals surface area contributed by atoms with Gasteiger partial charge in [0, 0.05) is 25.9 Å². The van der Waals surface area contributed by atoms with E-state index in [0.29, 0.717) is 38.0 Å². The first kappa shape index (κ1) is 22.8. The van der Waals surface area contributed by atoms with Crippen molar-refractivity contribution in [1.29, 1.82) is 0 Å². The molecule has 6 nitrogen and oxygen atoms in total. The molecule has 9 heteroatoms. The van der Waals surface area contributed by atoms with Crippen molar-refractivity contribution in [2.24, 2.45) is 0 Å². The number of carbonyl (C=O) groups excluding carboxylic acids is 1. The van der Waals surface area contributed by atoms with Gasteiger partial charge >= 0.3 is 14.8 Å². The molecule has 0 aliphatic heterocycles. The molecule has 0 aliphatic rings. The van der Waals surface area contributed by atoms with Crippen molar-refractivity contribution >= 4 is 46.6 Å². The van der Waals surface area contributed by atoms with Gasteiger partial charge < -0.3 is 22.4 Å². The molecule has 0 saturated carbocycles. The first-order valence-corrected chi connectivity index (χ1v) is 12.2. The van der Waals surface area contributed by atoms with Crippen molar-refractivity contribution < 1.29 is 27.2 Å². The summed E-state index contributed by atoms with van der Waals surface area (Å²) < 4.78 is 28.0. The number of ether oxygens (including phenoxy) is 1. The highest BCUT2D eigenvalue weighted by atomic mass is 79.9. The Kier molecular flexibility index (Phi) is 11.2. The minimum Gasteiger partial charge on any atom is -0.468 e. The van der Waals surface area contributed by atoms with Gasteiger partial charge in [-0.15, -0.1) is 0 Å². The molecule has 0 spiro atoms. The van der Waals surface area contributed by atoms with Gasteiger partial charge in [0.05, 0.1) is 17.7 Å². The molecule has 2 atom stereocenters. The fourth-order valence-electron chi connectivity index (χ4n) is 2.25. The Bertz CT molecular complexity index is 468. The molecule has 0 N–H and O–H groups in total. The average Bonchev–Trinajstić information content (AvgIpc) is 3.12. The molecule has 1 aromatic rings. The molecule has 0 fully saturated rings. The van der Waals surface area contributed by atoms with Gasteiger partial charge in [-0.3, -0.25) is 4.79 Å².